The number of tetrazole rings is 1. The fraction of sp³-hybridized carbons (Fsp3) is 0.345. The second kappa shape index (κ2) is 10.2. The van der Waals surface area contributed by atoms with Gasteiger partial charge in [0.2, 0.25) is 10.0 Å². The van der Waals surface area contributed by atoms with Crippen molar-refractivity contribution in [1.82, 2.24) is 24.5 Å². The number of nitrogens with zero attached hydrogens (tertiary/aromatic N) is 5. The summed E-state index contributed by atoms with van der Waals surface area (Å²) in [6, 6.07) is 27.3. The third-order valence-electron chi connectivity index (χ3n) is 7.38. The van der Waals surface area contributed by atoms with Crippen molar-refractivity contribution in [3.05, 3.63) is 107 Å². The molecule has 0 bridgehead atoms. The Labute approximate surface area is 220 Å². The molecule has 0 aliphatic carbocycles. The Morgan fingerprint density at radius 1 is 0.838 bits per heavy atom. The summed E-state index contributed by atoms with van der Waals surface area (Å²) in [6.45, 7) is 6.84. The van der Waals surface area contributed by atoms with Crippen molar-refractivity contribution in [1.29, 1.82) is 0 Å². The van der Waals surface area contributed by atoms with Gasteiger partial charge in [-0.1, -0.05) is 85.8 Å². The van der Waals surface area contributed by atoms with Gasteiger partial charge in [-0.05, 0) is 62.1 Å². The first-order chi connectivity index (χ1) is 17.2. The maximum Gasteiger partial charge on any atom is 0.243 e. The van der Waals surface area contributed by atoms with Crippen molar-refractivity contribution in [2.45, 2.75) is 56.9 Å². The standard InChI is InChI=1S/C28H31N5O2S.CH4/c1-22-14-16-25(17-15-22)36(34,35)32-20-18-28(19-21-32,24-12-8-5-9-13-24)26-29-31-33(30-26)27(2,3)23-10-6-4-7-11-23;/h4-17H,18-21H2,1-3H3;1H4. The zero-order chi connectivity index (χ0) is 25.4. The van der Waals surface area contributed by atoms with Gasteiger partial charge in [0.25, 0.3) is 0 Å². The Kier molecular flexibility index (Phi) is 7.35. The molecule has 0 unspecified atom stereocenters. The summed E-state index contributed by atoms with van der Waals surface area (Å²) in [7, 11) is -3.58. The highest BCUT2D eigenvalue weighted by atomic mass is 32.2. The first kappa shape index (κ1) is 26.7. The van der Waals surface area contributed by atoms with Crippen LogP contribution in [0.25, 0.3) is 0 Å². The Hall–Kier alpha value is -3.36. The van der Waals surface area contributed by atoms with E-state index in [0.29, 0.717) is 36.7 Å². The van der Waals surface area contributed by atoms with E-state index in [1.807, 2.05) is 55.5 Å². The molecule has 0 spiro atoms. The fourth-order valence-corrected chi connectivity index (χ4v) is 6.41. The molecule has 1 saturated heterocycles. The summed E-state index contributed by atoms with van der Waals surface area (Å²) in [5.41, 5.74) is 2.19. The number of aromatic nitrogens is 4. The number of piperidine rings is 1. The summed E-state index contributed by atoms with van der Waals surface area (Å²) in [5, 5.41) is 13.9. The van der Waals surface area contributed by atoms with E-state index in [4.69, 9.17) is 5.10 Å². The predicted molar refractivity (Wildman–Crippen MR) is 146 cm³/mol. The predicted octanol–water partition coefficient (Wildman–Crippen LogP) is 5.17. The van der Waals surface area contributed by atoms with Crippen molar-refractivity contribution < 1.29 is 8.42 Å². The lowest BCUT2D eigenvalue weighted by Gasteiger charge is -2.39. The van der Waals surface area contributed by atoms with E-state index in [0.717, 1.165) is 16.7 Å². The highest BCUT2D eigenvalue weighted by Crippen LogP contribution is 2.41. The summed E-state index contributed by atoms with van der Waals surface area (Å²) in [4.78, 5) is 2.01. The SMILES string of the molecule is C.Cc1ccc(S(=O)(=O)N2CCC(c3ccccc3)(c3nnn(C(C)(C)c4ccccc4)n3)CC2)cc1. The molecule has 0 atom stereocenters. The van der Waals surface area contributed by atoms with E-state index in [9.17, 15) is 8.42 Å². The van der Waals surface area contributed by atoms with Gasteiger partial charge in [-0.2, -0.15) is 9.10 Å². The van der Waals surface area contributed by atoms with Gasteiger partial charge in [-0.3, -0.25) is 0 Å². The molecule has 1 aliphatic rings. The maximum absolute atomic E-state index is 13.4. The van der Waals surface area contributed by atoms with E-state index in [-0.39, 0.29) is 7.43 Å². The van der Waals surface area contributed by atoms with E-state index < -0.39 is 21.0 Å². The van der Waals surface area contributed by atoms with Crippen LogP contribution in [0.1, 0.15) is 56.6 Å². The minimum absolute atomic E-state index is 0. The lowest BCUT2D eigenvalue weighted by Crippen LogP contribution is -2.46. The molecule has 37 heavy (non-hydrogen) atoms. The second-order valence-corrected chi connectivity index (χ2v) is 11.9. The monoisotopic (exact) mass is 517 g/mol. The van der Waals surface area contributed by atoms with Crippen LogP contribution in [0.4, 0.5) is 0 Å². The van der Waals surface area contributed by atoms with Crippen LogP contribution in [-0.4, -0.2) is 46.0 Å². The van der Waals surface area contributed by atoms with Crippen molar-refractivity contribution in [3.8, 4) is 0 Å². The number of hydrogen-bond acceptors (Lipinski definition) is 5. The van der Waals surface area contributed by atoms with Crippen molar-refractivity contribution in [2.24, 2.45) is 0 Å². The lowest BCUT2D eigenvalue weighted by molar-refractivity contribution is 0.254. The van der Waals surface area contributed by atoms with Gasteiger partial charge in [-0.15, -0.1) is 10.2 Å². The average molecular weight is 518 g/mol. The van der Waals surface area contributed by atoms with Crippen LogP contribution in [0, 0.1) is 6.92 Å². The number of sulfonamides is 1. The molecule has 0 amide bonds. The molecule has 5 rings (SSSR count). The number of rotatable bonds is 6. The van der Waals surface area contributed by atoms with Gasteiger partial charge in [-0.25, -0.2) is 8.42 Å². The van der Waals surface area contributed by atoms with Gasteiger partial charge < -0.3 is 0 Å². The Morgan fingerprint density at radius 3 is 2.00 bits per heavy atom. The largest absolute Gasteiger partial charge is 0.243 e. The Morgan fingerprint density at radius 2 is 1.41 bits per heavy atom. The van der Waals surface area contributed by atoms with Crippen LogP contribution in [0.15, 0.2) is 89.8 Å². The van der Waals surface area contributed by atoms with Gasteiger partial charge in [0.15, 0.2) is 5.82 Å². The zero-order valence-corrected chi connectivity index (χ0v) is 21.7. The van der Waals surface area contributed by atoms with Crippen LogP contribution in [0.3, 0.4) is 0 Å². The highest BCUT2D eigenvalue weighted by Gasteiger charge is 2.44. The zero-order valence-electron chi connectivity index (χ0n) is 20.9. The number of benzene rings is 3. The lowest BCUT2D eigenvalue weighted by atomic mass is 9.72. The van der Waals surface area contributed by atoms with E-state index >= 15 is 0 Å². The van der Waals surface area contributed by atoms with Crippen molar-refractivity contribution >= 4 is 10.0 Å². The molecule has 1 fully saturated rings. The molecule has 0 radical (unpaired) electrons. The number of aryl methyl sites for hydroxylation is 1. The molecule has 0 N–H and O–H groups in total. The topological polar surface area (TPSA) is 81.0 Å². The number of hydrogen-bond donors (Lipinski definition) is 0. The summed E-state index contributed by atoms with van der Waals surface area (Å²) in [6.07, 6.45) is 1.14. The Balaban J connectivity index is 0.00000320. The highest BCUT2D eigenvalue weighted by molar-refractivity contribution is 7.89. The Bertz CT molecular complexity index is 1420. The van der Waals surface area contributed by atoms with Crippen LogP contribution in [0.5, 0.6) is 0 Å². The summed E-state index contributed by atoms with van der Waals surface area (Å²) in [5.74, 6) is 0.630. The van der Waals surface area contributed by atoms with Gasteiger partial charge in [0.1, 0.15) is 5.54 Å². The van der Waals surface area contributed by atoms with E-state index in [1.165, 1.54) is 0 Å². The molecule has 8 heteroatoms. The molecule has 1 aromatic heterocycles. The van der Waals surface area contributed by atoms with E-state index in [1.54, 1.807) is 21.2 Å². The maximum atomic E-state index is 13.4. The molecule has 2 heterocycles. The first-order valence-corrected chi connectivity index (χ1v) is 13.7. The van der Waals surface area contributed by atoms with Crippen LogP contribution < -0.4 is 0 Å². The summed E-state index contributed by atoms with van der Waals surface area (Å²) >= 11 is 0. The van der Waals surface area contributed by atoms with E-state index in [2.05, 4.69) is 48.4 Å². The van der Waals surface area contributed by atoms with Crippen LogP contribution in [0.2, 0.25) is 0 Å². The normalized spacial score (nSPS) is 16.2. The second-order valence-electron chi connectivity index (χ2n) is 9.99. The summed E-state index contributed by atoms with van der Waals surface area (Å²) < 4.78 is 28.3. The molecule has 3 aromatic carbocycles. The molecule has 1 aliphatic heterocycles. The fourth-order valence-electron chi connectivity index (χ4n) is 4.97. The minimum Gasteiger partial charge on any atom is -0.207 e. The van der Waals surface area contributed by atoms with Gasteiger partial charge in [0, 0.05) is 13.1 Å². The first-order valence-electron chi connectivity index (χ1n) is 12.2. The van der Waals surface area contributed by atoms with Crippen molar-refractivity contribution in [3.63, 3.8) is 0 Å². The van der Waals surface area contributed by atoms with Crippen LogP contribution >= 0.6 is 0 Å². The van der Waals surface area contributed by atoms with Gasteiger partial charge >= 0.3 is 0 Å². The minimum atomic E-state index is -3.58. The smallest absolute Gasteiger partial charge is 0.207 e. The van der Waals surface area contributed by atoms with Crippen molar-refractivity contribution in [2.75, 3.05) is 13.1 Å². The molecule has 4 aromatic rings. The molecule has 0 saturated carbocycles. The van der Waals surface area contributed by atoms with Gasteiger partial charge in [0.05, 0.1) is 10.3 Å². The molecule has 194 valence electrons. The third kappa shape index (κ3) is 4.83. The molecule has 7 nitrogen and oxygen atoms in total. The molecular weight excluding hydrogens is 482 g/mol. The van der Waals surface area contributed by atoms with Crippen LogP contribution in [-0.2, 0) is 21.0 Å². The third-order valence-corrected chi connectivity index (χ3v) is 9.30. The molecular formula is C29H35N5O2S. The quantitative estimate of drug-likeness (QED) is 0.352. The average Bonchev–Trinajstić information content (AvgIpc) is 3.42.